The fourth-order valence-corrected chi connectivity index (χ4v) is 6.70. The van der Waals surface area contributed by atoms with Gasteiger partial charge in [-0.15, -0.1) is 0 Å². The number of sulfonamides is 1. The summed E-state index contributed by atoms with van der Waals surface area (Å²) in [5.41, 5.74) is 0.507. The summed E-state index contributed by atoms with van der Waals surface area (Å²) in [6, 6.07) is 10.9. The molecule has 35 heavy (non-hydrogen) atoms. The fraction of sp³-hybridized carbons (Fsp3) is 0.462. The van der Waals surface area contributed by atoms with Crippen molar-refractivity contribution >= 4 is 28.8 Å². The molecule has 2 aromatic carbocycles. The van der Waals surface area contributed by atoms with Gasteiger partial charge in [-0.3, -0.25) is 0 Å². The molecule has 1 aliphatic rings. The van der Waals surface area contributed by atoms with E-state index in [4.69, 9.17) is 0 Å². The normalized spacial score (nSPS) is 17.3. The topological polar surface area (TPSA) is 51.1 Å². The van der Waals surface area contributed by atoms with Gasteiger partial charge in [0, 0.05) is 29.1 Å². The molecule has 188 valence electrons. The molecule has 1 unspecified atom stereocenters. The first kappa shape index (κ1) is 25.8. The lowest BCUT2D eigenvalue weighted by Gasteiger charge is -2.32. The minimum atomic E-state index is -4.47. The quantitative estimate of drug-likeness (QED) is 0.441. The number of alkyl halides is 3. The predicted molar refractivity (Wildman–Crippen MR) is 137 cm³/mol. The molecule has 1 N–H and O–H groups in total. The lowest BCUT2D eigenvalue weighted by Crippen LogP contribution is -2.49. The molecule has 0 aliphatic heterocycles. The number of fused-ring (bicyclic) bond motifs is 1. The number of benzene rings is 2. The summed E-state index contributed by atoms with van der Waals surface area (Å²) in [4.78, 5) is 0. The van der Waals surface area contributed by atoms with Crippen molar-refractivity contribution < 1.29 is 21.6 Å². The Balaban J connectivity index is 1.86. The number of nitrogens with zero attached hydrogens (tertiary/aromatic N) is 1. The molecule has 1 aliphatic carbocycles. The summed E-state index contributed by atoms with van der Waals surface area (Å²) in [6.45, 7) is 8.73. The van der Waals surface area contributed by atoms with E-state index in [1.807, 2.05) is 31.6 Å². The van der Waals surface area contributed by atoms with E-state index in [1.165, 1.54) is 12.1 Å². The second-order valence-corrected chi connectivity index (χ2v) is 13.3. The second kappa shape index (κ2) is 8.70. The average molecular weight is 504 g/mol. The third-order valence-electron chi connectivity index (χ3n) is 6.63. The standard InChI is InChI=1S/C26H32BF3N2O2S/c1-24(2,3)16-32-15-22(25(4,27)31-35(33,34)18-8-7-9-18)20-13-12-17(14-23(20)32)19-10-5-6-11-21(19)26(28,29)30/h5-6,10-15,18,31H,7-9,16,27H2,1-4H3. The Morgan fingerprint density at radius 3 is 2.26 bits per heavy atom. The van der Waals surface area contributed by atoms with Crippen LogP contribution in [-0.2, 0) is 28.2 Å². The highest BCUT2D eigenvalue weighted by atomic mass is 32.2. The van der Waals surface area contributed by atoms with E-state index in [-0.39, 0.29) is 16.2 Å². The Bertz CT molecular complexity index is 1350. The summed E-state index contributed by atoms with van der Waals surface area (Å²) >= 11 is 0. The van der Waals surface area contributed by atoms with Gasteiger partial charge in [-0.2, -0.15) is 13.2 Å². The van der Waals surface area contributed by atoms with Gasteiger partial charge in [0.2, 0.25) is 10.0 Å². The van der Waals surface area contributed by atoms with Crippen LogP contribution in [-0.4, -0.2) is 26.1 Å². The van der Waals surface area contributed by atoms with Gasteiger partial charge in [0.05, 0.1) is 10.8 Å². The van der Waals surface area contributed by atoms with Crippen molar-refractivity contribution in [3.05, 3.63) is 59.8 Å². The van der Waals surface area contributed by atoms with Crippen LogP contribution in [0.3, 0.4) is 0 Å². The van der Waals surface area contributed by atoms with Crippen molar-refractivity contribution in [2.24, 2.45) is 5.41 Å². The first-order valence-corrected chi connectivity index (χ1v) is 13.5. The van der Waals surface area contributed by atoms with E-state index in [0.29, 0.717) is 24.9 Å². The monoisotopic (exact) mass is 504 g/mol. The fourth-order valence-electron chi connectivity index (χ4n) is 4.76. The summed E-state index contributed by atoms with van der Waals surface area (Å²) in [7, 11) is -1.64. The van der Waals surface area contributed by atoms with E-state index in [2.05, 4.69) is 25.5 Å². The van der Waals surface area contributed by atoms with E-state index in [1.54, 1.807) is 18.2 Å². The number of hydrogen-bond donors (Lipinski definition) is 1. The maximum atomic E-state index is 13.7. The van der Waals surface area contributed by atoms with Gasteiger partial charge in [0.25, 0.3) is 0 Å². The number of halogens is 3. The van der Waals surface area contributed by atoms with Gasteiger partial charge < -0.3 is 4.57 Å². The zero-order valence-electron chi connectivity index (χ0n) is 20.8. The number of rotatable bonds is 6. The van der Waals surface area contributed by atoms with Gasteiger partial charge in [-0.25, -0.2) is 13.1 Å². The van der Waals surface area contributed by atoms with Crippen LogP contribution in [0.15, 0.2) is 48.7 Å². The Morgan fingerprint density at radius 2 is 1.69 bits per heavy atom. The molecule has 4 nitrogen and oxygen atoms in total. The van der Waals surface area contributed by atoms with Gasteiger partial charge in [-0.05, 0) is 54.0 Å². The van der Waals surface area contributed by atoms with Crippen LogP contribution in [0.5, 0.6) is 0 Å². The highest BCUT2D eigenvalue weighted by Gasteiger charge is 2.37. The lowest BCUT2D eigenvalue weighted by atomic mass is 9.75. The molecule has 1 atom stereocenters. The van der Waals surface area contributed by atoms with Crippen molar-refractivity contribution in [3.63, 3.8) is 0 Å². The highest BCUT2D eigenvalue weighted by Crippen LogP contribution is 2.40. The Morgan fingerprint density at radius 1 is 1.03 bits per heavy atom. The molecule has 0 radical (unpaired) electrons. The third-order valence-corrected chi connectivity index (χ3v) is 8.78. The van der Waals surface area contributed by atoms with Crippen LogP contribution < -0.4 is 4.72 Å². The van der Waals surface area contributed by atoms with Crippen LogP contribution in [0, 0.1) is 5.41 Å². The van der Waals surface area contributed by atoms with E-state index >= 15 is 0 Å². The Labute approximate surface area is 206 Å². The Hall–Kier alpha value is -2.26. The third kappa shape index (κ3) is 5.31. The minimum absolute atomic E-state index is 0.0985. The van der Waals surface area contributed by atoms with Crippen molar-refractivity contribution in [1.29, 1.82) is 0 Å². The molecule has 3 aromatic rings. The molecule has 0 amide bonds. The number of nitrogens with one attached hydrogen (secondary N) is 1. The van der Waals surface area contributed by atoms with E-state index in [9.17, 15) is 21.6 Å². The molecule has 9 heteroatoms. The van der Waals surface area contributed by atoms with Gasteiger partial charge in [-0.1, -0.05) is 57.5 Å². The molecule has 0 bridgehead atoms. The molecular formula is C26H32BF3N2O2S. The second-order valence-electron chi connectivity index (χ2n) is 11.3. The first-order valence-electron chi connectivity index (χ1n) is 11.9. The van der Waals surface area contributed by atoms with Crippen molar-refractivity contribution in [1.82, 2.24) is 9.29 Å². The van der Waals surface area contributed by atoms with Crippen LogP contribution >= 0.6 is 0 Å². The van der Waals surface area contributed by atoms with Gasteiger partial charge in [0.1, 0.15) is 7.85 Å². The number of hydrogen-bond acceptors (Lipinski definition) is 2. The first-order chi connectivity index (χ1) is 16.1. The maximum Gasteiger partial charge on any atom is 0.417 e. The number of aromatic nitrogens is 1. The molecular weight excluding hydrogens is 472 g/mol. The Kier molecular flexibility index (Phi) is 6.42. The van der Waals surface area contributed by atoms with Crippen molar-refractivity contribution in [3.8, 4) is 11.1 Å². The van der Waals surface area contributed by atoms with Crippen LogP contribution in [0.25, 0.3) is 22.0 Å². The summed E-state index contributed by atoms with van der Waals surface area (Å²) in [6.07, 6.45) is -0.276. The smallest absolute Gasteiger partial charge is 0.347 e. The highest BCUT2D eigenvalue weighted by molar-refractivity contribution is 7.90. The minimum Gasteiger partial charge on any atom is -0.347 e. The van der Waals surface area contributed by atoms with E-state index in [0.717, 1.165) is 29.0 Å². The van der Waals surface area contributed by atoms with Crippen LogP contribution in [0.1, 0.15) is 58.1 Å². The molecule has 1 fully saturated rings. The summed E-state index contributed by atoms with van der Waals surface area (Å²) in [5, 5.41) is 0.457. The lowest BCUT2D eigenvalue weighted by molar-refractivity contribution is -0.137. The van der Waals surface area contributed by atoms with Crippen molar-refractivity contribution in [2.75, 3.05) is 0 Å². The molecule has 1 aromatic heterocycles. The maximum absolute atomic E-state index is 13.7. The summed E-state index contributed by atoms with van der Waals surface area (Å²) < 4.78 is 71.9. The van der Waals surface area contributed by atoms with Crippen LogP contribution in [0.2, 0.25) is 0 Å². The molecule has 1 heterocycles. The molecule has 4 rings (SSSR count). The zero-order valence-corrected chi connectivity index (χ0v) is 21.6. The molecule has 1 saturated carbocycles. The average Bonchev–Trinajstić information content (AvgIpc) is 3.02. The predicted octanol–water partition coefficient (Wildman–Crippen LogP) is 5.65. The van der Waals surface area contributed by atoms with Crippen LogP contribution in [0.4, 0.5) is 13.2 Å². The zero-order chi connectivity index (χ0) is 25.8. The molecule has 0 spiro atoms. The molecule has 0 saturated heterocycles. The van der Waals surface area contributed by atoms with E-state index < -0.39 is 27.2 Å². The van der Waals surface area contributed by atoms with Gasteiger partial charge in [0.15, 0.2) is 0 Å². The largest absolute Gasteiger partial charge is 0.417 e. The van der Waals surface area contributed by atoms with Gasteiger partial charge >= 0.3 is 6.18 Å². The SMILES string of the molecule is BC(C)(NS(=O)(=O)C1CCC1)c1cn(CC(C)(C)C)c2cc(-c3ccccc3C(F)(F)F)ccc12. The van der Waals surface area contributed by atoms with Crippen molar-refractivity contribution in [2.45, 2.75) is 70.4 Å². The summed E-state index contributed by atoms with van der Waals surface area (Å²) in [5.74, 6) is 0.